The predicted octanol–water partition coefficient (Wildman–Crippen LogP) is 3.55. The molecule has 0 saturated carbocycles. The van der Waals surface area contributed by atoms with Gasteiger partial charge in [0.2, 0.25) is 5.82 Å². The first-order valence-electron chi connectivity index (χ1n) is 10.2. The van der Waals surface area contributed by atoms with Gasteiger partial charge in [0.1, 0.15) is 5.75 Å². The van der Waals surface area contributed by atoms with E-state index in [1.165, 1.54) is 4.80 Å². The molecule has 8 nitrogen and oxygen atoms in total. The fourth-order valence-corrected chi connectivity index (χ4v) is 3.04. The Hall–Kier alpha value is -4.33. The van der Waals surface area contributed by atoms with Crippen LogP contribution in [0.3, 0.4) is 0 Å². The monoisotopic (exact) mass is 426 g/mol. The third-order valence-electron chi connectivity index (χ3n) is 4.61. The van der Waals surface area contributed by atoms with E-state index in [1.54, 1.807) is 18.3 Å². The van der Waals surface area contributed by atoms with Gasteiger partial charge in [-0.1, -0.05) is 54.6 Å². The Morgan fingerprint density at radius 2 is 1.78 bits per heavy atom. The van der Waals surface area contributed by atoms with Gasteiger partial charge in [-0.15, -0.1) is 10.2 Å². The Bertz CT molecular complexity index is 1200. The molecule has 0 aliphatic carbocycles. The molecule has 4 aromatic rings. The highest BCUT2D eigenvalue weighted by molar-refractivity contribution is 5.95. The molecule has 0 bridgehead atoms. The van der Waals surface area contributed by atoms with Crippen LogP contribution in [0.15, 0.2) is 84.0 Å². The van der Waals surface area contributed by atoms with Gasteiger partial charge < -0.3 is 4.74 Å². The first-order chi connectivity index (χ1) is 15.7. The fraction of sp³-hybridized carbons (Fsp3) is 0.125. The molecule has 0 aliphatic rings. The minimum atomic E-state index is -0.299. The first kappa shape index (κ1) is 20.9. The molecule has 0 unspecified atom stereocenters. The normalized spacial score (nSPS) is 10.9. The third-order valence-corrected chi connectivity index (χ3v) is 4.61. The topological polar surface area (TPSA) is 94.3 Å². The second-order valence-corrected chi connectivity index (χ2v) is 6.88. The van der Waals surface area contributed by atoms with Crippen LogP contribution in [0.2, 0.25) is 0 Å². The van der Waals surface area contributed by atoms with E-state index in [1.807, 2.05) is 73.7 Å². The summed E-state index contributed by atoms with van der Waals surface area (Å²) in [7, 11) is 0. The van der Waals surface area contributed by atoms with Crippen LogP contribution in [0.4, 0.5) is 0 Å². The van der Waals surface area contributed by atoms with Crippen molar-refractivity contribution in [1.82, 2.24) is 25.6 Å². The predicted molar refractivity (Wildman–Crippen MR) is 121 cm³/mol. The van der Waals surface area contributed by atoms with Gasteiger partial charge in [0.05, 0.1) is 19.4 Å². The largest absolute Gasteiger partial charge is 0.493 e. The summed E-state index contributed by atoms with van der Waals surface area (Å²) in [5.41, 5.74) is 5.70. The van der Waals surface area contributed by atoms with E-state index in [0.29, 0.717) is 24.5 Å². The van der Waals surface area contributed by atoms with Gasteiger partial charge in [0.15, 0.2) is 0 Å². The summed E-state index contributed by atoms with van der Waals surface area (Å²) in [6, 6.07) is 24.4. The smallest absolute Gasteiger partial charge is 0.271 e. The van der Waals surface area contributed by atoms with E-state index in [4.69, 9.17) is 4.74 Å². The number of hydrazone groups is 1. The van der Waals surface area contributed by atoms with Crippen LogP contribution in [0.1, 0.15) is 28.4 Å². The maximum atomic E-state index is 12.4. The Kier molecular flexibility index (Phi) is 6.62. The van der Waals surface area contributed by atoms with Gasteiger partial charge in [-0.2, -0.15) is 9.90 Å². The molecule has 0 atom stereocenters. The summed E-state index contributed by atoms with van der Waals surface area (Å²) in [6.45, 7) is 2.93. The van der Waals surface area contributed by atoms with E-state index < -0.39 is 0 Å². The van der Waals surface area contributed by atoms with Crippen LogP contribution >= 0.6 is 0 Å². The lowest BCUT2D eigenvalue weighted by atomic mass is 10.1. The number of tetrazole rings is 1. The van der Waals surface area contributed by atoms with E-state index in [-0.39, 0.29) is 5.91 Å². The lowest BCUT2D eigenvalue weighted by molar-refractivity contribution is 0.0955. The summed E-state index contributed by atoms with van der Waals surface area (Å²) >= 11 is 0. The molecule has 32 heavy (non-hydrogen) atoms. The zero-order valence-corrected chi connectivity index (χ0v) is 17.5. The number of carbonyl (C=O) groups is 1. The van der Waals surface area contributed by atoms with Crippen molar-refractivity contribution >= 4 is 12.1 Å². The second-order valence-electron chi connectivity index (χ2n) is 6.88. The number of benzene rings is 3. The Balaban J connectivity index is 1.35. The molecule has 1 N–H and O–H groups in total. The molecule has 0 saturated heterocycles. The summed E-state index contributed by atoms with van der Waals surface area (Å²) in [5.74, 6) is 0.992. The molecule has 3 aromatic carbocycles. The van der Waals surface area contributed by atoms with Crippen LogP contribution in [0.25, 0.3) is 11.4 Å². The summed E-state index contributed by atoms with van der Waals surface area (Å²) in [5, 5.41) is 16.7. The second kappa shape index (κ2) is 10.1. The van der Waals surface area contributed by atoms with Crippen molar-refractivity contribution in [3.63, 3.8) is 0 Å². The van der Waals surface area contributed by atoms with Crippen LogP contribution < -0.4 is 10.2 Å². The van der Waals surface area contributed by atoms with Crippen molar-refractivity contribution in [3.8, 4) is 17.1 Å². The van der Waals surface area contributed by atoms with Crippen molar-refractivity contribution in [3.05, 3.63) is 95.6 Å². The molecule has 0 spiro atoms. The maximum absolute atomic E-state index is 12.4. The number of hydrogen-bond donors (Lipinski definition) is 1. The molecule has 0 radical (unpaired) electrons. The van der Waals surface area contributed by atoms with Gasteiger partial charge in [0.25, 0.3) is 5.91 Å². The maximum Gasteiger partial charge on any atom is 0.271 e. The van der Waals surface area contributed by atoms with Gasteiger partial charge in [-0.25, -0.2) is 5.43 Å². The van der Waals surface area contributed by atoms with E-state index in [9.17, 15) is 4.79 Å². The SMILES string of the molecule is CCOc1ccccc1/C=N/NC(=O)c1ccc(Cn2nnc(-c3ccccc3)n2)cc1. The van der Waals surface area contributed by atoms with E-state index in [0.717, 1.165) is 22.4 Å². The summed E-state index contributed by atoms with van der Waals surface area (Å²) in [4.78, 5) is 13.9. The lowest BCUT2D eigenvalue weighted by Gasteiger charge is -2.06. The number of hydrogen-bond acceptors (Lipinski definition) is 6. The van der Waals surface area contributed by atoms with Crippen LogP contribution in [0.5, 0.6) is 5.75 Å². The number of carbonyl (C=O) groups excluding carboxylic acids is 1. The molecule has 4 rings (SSSR count). The Morgan fingerprint density at radius 3 is 2.56 bits per heavy atom. The first-order valence-corrected chi connectivity index (χ1v) is 10.2. The quantitative estimate of drug-likeness (QED) is 0.343. The van der Waals surface area contributed by atoms with Gasteiger partial charge in [0, 0.05) is 16.7 Å². The lowest BCUT2D eigenvalue weighted by Crippen LogP contribution is -2.17. The highest BCUT2D eigenvalue weighted by Gasteiger charge is 2.08. The highest BCUT2D eigenvalue weighted by Crippen LogP contribution is 2.15. The number of nitrogens with zero attached hydrogens (tertiary/aromatic N) is 5. The molecule has 0 aliphatic heterocycles. The van der Waals surface area contributed by atoms with Crippen LogP contribution in [0, 0.1) is 0 Å². The molecule has 160 valence electrons. The molecular formula is C24H22N6O2. The Labute approximate surface area is 185 Å². The molecule has 0 fully saturated rings. The Morgan fingerprint density at radius 1 is 1.03 bits per heavy atom. The van der Waals surface area contributed by atoms with Crippen molar-refractivity contribution in [1.29, 1.82) is 0 Å². The number of aromatic nitrogens is 4. The van der Waals surface area contributed by atoms with Crippen LogP contribution in [-0.4, -0.2) is 38.9 Å². The standard InChI is InChI=1S/C24H22N6O2/c1-2-32-22-11-7-6-10-21(22)16-25-27-24(31)20-14-12-18(13-15-20)17-30-28-23(26-29-30)19-8-4-3-5-9-19/h3-16H,2,17H2,1H3,(H,27,31)/b25-16+. The number of nitrogens with one attached hydrogen (secondary N) is 1. The van der Waals surface area contributed by atoms with Crippen LogP contribution in [-0.2, 0) is 6.54 Å². The minimum absolute atomic E-state index is 0.299. The van der Waals surface area contributed by atoms with Gasteiger partial charge >= 0.3 is 0 Å². The average Bonchev–Trinajstić information content (AvgIpc) is 3.30. The molecule has 1 heterocycles. The van der Waals surface area contributed by atoms with Crippen molar-refractivity contribution in [2.75, 3.05) is 6.61 Å². The van der Waals surface area contributed by atoms with E-state index in [2.05, 4.69) is 25.9 Å². The van der Waals surface area contributed by atoms with Gasteiger partial charge in [-0.05, 0) is 42.0 Å². The number of amides is 1. The van der Waals surface area contributed by atoms with Gasteiger partial charge in [-0.3, -0.25) is 4.79 Å². The summed E-state index contributed by atoms with van der Waals surface area (Å²) in [6.07, 6.45) is 1.57. The van der Waals surface area contributed by atoms with E-state index >= 15 is 0 Å². The van der Waals surface area contributed by atoms with Crippen molar-refractivity contribution in [2.45, 2.75) is 13.5 Å². The zero-order chi connectivity index (χ0) is 22.2. The molecule has 8 heteroatoms. The number of ether oxygens (including phenoxy) is 1. The number of para-hydroxylation sites is 1. The third kappa shape index (κ3) is 5.23. The zero-order valence-electron chi connectivity index (χ0n) is 17.5. The molecule has 1 amide bonds. The molecule has 1 aromatic heterocycles. The highest BCUT2D eigenvalue weighted by atomic mass is 16.5. The fourth-order valence-electron chi connectivity index (χ4n) is 3.04. The average molecular weight is 426 g/mol. The number of rotatable bonds is 8. The molecular weight excluding hydrogens is 404 g/mol. The van der Waals surface area contributed by atoms with Crippen molar-refractivity contribution < 1.29 is 9.53 Å². The minimum Gasteiger partial charge on any atom is -0.493 e. The van der Waals surface area contributed by atoms with Crippen molar-refractivity contribution in [2.24, 2.45) is 5.10 Å². The summed E-state index contributed by atoms with van der Waals surface area (Å²) < 4.78 is 5.55.